The molecule has 2 aliphatic heterocycles. The molecule has 31 heavy (non-hydrogen) atoms. The standard InChI is InChI=1S/C20H21F3N6O2/c1-30-16-5-17-25-7-15(29(17)28-18(16)10-8-31-9-10)19-12(22)4-13(23)20(27-19)26-14-6-24-3-2-11(14)21/h4-5,7,10-11,14,24H,2-3,6,8-9H2,1H3,(H,26,27)/t11-,14-/m0/s1. The highest BCUT2D eigenvalue weighted by Gasteiger charge is 2.29. The third-order valence-corrected chi connectivity index (χ3v) is 5.62. The van der Waals surface area contributed by atoms with E-state index in [9.17, 15) is 13.2 Å². The average Bonchev–Trinajstić information content (AvgIpc) is 3.12. The lowest BCUT2D eigenvalue weighted by Gasteiger charge is -2.28. The van der Waals surface area contributed by atoms with Crippen molar-refractivity contribution in [1.29, 1.82) is 0 Å². The number of pyridine rings is 1. The van der Waals surface area contributed by atoms with Gasteiger partial charge in [0.1, 0.15) is 29.0 Å². The Morgan fingerprint density at radius 3 is 2.81 bits per heavy atom. The van der Waals surface area contributed by atoms with Crippen molar-refractivity contribution in [3.05, 3.63) is 35.7 Å². The first-order valence-electron chi connectivity index (χ1n) is 10.0. The van der Waals surface area contributed by atoms with Crippen LogP contribution in [0.25, 0.3) is 17.0 Å². The summed E-state index contributed by atoms with van der Waals surface area (Å²) in [5, 5.41) is 10.4. The topological polar surface area (TPSA) is 85.6 Å². The molecule has 0 bridgehead atoms. The van der Waals surface area contributed by atoms with Crippen LogP contribution in [-0.4, -0.2) is 65.2 Å². The molecule has 2 fully saturated rings. The van der Waals surface area contributed by atoms with E-state index in [1.807, 2.05) is 0 Å². The Labute approximate surface area is 175 Å². The van der Waals surface area contributed by atoms with Gasteiger partial charge < -0.3 is 20.1 Å². The summed E-state index contributed by atoms with van der Waals surface area (Å²) in [5.74, 6) is -1.36. The van der Waals surface area contributed by atoms with E-state index in [1.54, 1.807) is 6.07 Å². The van der Waals surface area contributed by atoms with E-state index in [0.717, 1.165) is 6.07 Å². The molecule has 2 aliphatic rings. The van der Waals surface area contributed by atoms with E-state index in [-0.39, 0.29) is 23.1 Å². The molecule has 0 aromatic carbocycles. The summed E-state index contributed by atoms with van der Waals surface area (Å²) < 4.78 is 55.4. The normalized spacial score (nSPS) is 21.8. The monoisotopic (exact) mass is 434 g/mol. The summed E-state index contributed by atoms with van der Waals surface area (Å²) in [7, 11) is 1.54. The first kappa shape index (κ1) is 20.0. The summed E-state index contributed by atoms with van der Waals surface area (Å²) in [6.45, 7) is 1.89. The SMILES string of the molecule is COc1cc2ncc(-c3nc(N[C@H]4CNCC[C@@H]4F)c(F)cc3F)n2nc1C1COC1. The van der Waals surface area contributed by atoms with Gasteiger partial charge in [0.05, 0.1) is 38.5 Å². The number of ether oxygens (including phenoxy) is 2. The fourth-order valence-corrected chi connectivity index (χ4v) is 3.80. The molecule has 8 nitrogen and oxygen atoms in total. The zero-order valence-electron chi connectivity index (χ0n) is 16.7. The highest BCUT2D eigenvalue weighted by Crippen LogP contribution is 2.33. The Morgan fingerprint density at radius 2 is 2.10 bits per heavy atom. The Kier molecular flexibility index (Phi) is 5.14. The van der Waals surface area contributed by atoms with Crippen molar-refractivity contribution in [2.45, 2.75) is 24.6 Å². The molecule has 0 radical (unpaired) electrons. The maximum atomic E-state index is 14.7. The van der Waals surface area contributed by atoms with Gasteiger partial charge in [0, 0.05) is 18.7 Å². The number of hydrogen-bond acceptors (Lipinski definition) is 7. The van der Waals surface area contributed by atoms with Crippen molar-refractivity contribution in [3.8, 4) is 17.1 Å². The maximum absolute atomic E-state index is 14.7. The third kappa shape index (κ3) is 3.57. The highest BCUT2D eigenvalue weighted by molar-refractivity contribution is 5.63. The fourth-order valence-electron chi connectivity index (χ4n) is 3.80. The molecule has 2 atom stereocenters. The zero-order chi connectivity index (χ0) is 21.5. The Morgan fingerprint density at radius 1 is 1.26 bits per heavy atom. The van der Waals surface area contributed by atoms with Gasteiger partial charge in [-0.3, -0.25) is 0 Å². The minimum Gasteiger partial charge on any atom is -0.495 e. The molecule has 5 heterocycles. The second-order valence-electron chi connectivity index (χ2n) is 7.65. The molecule has 2 N–H and O–H groups in total. The van der Waals surface area contributed by atoms with Gasteiger partial charge in [-0.05, 0) is 13.0 Å². The van der Waals surface area contributed by atoms with Crippen molar-refractivity contribution < 1.29 is 22.6 Å². The maximum Gasteiger partial charge on any atom is 0.168 e. The summed E-state index contributed by atoms with van der Waals surface area (Å²) in [4.78, 5) is 8.40. The molecule has 0 saturated carbocycles. The number of alkyl halides is 1. The van der Waals surface area contributed by atoms with Crippen LogP contribution in [0.15, 0.2) is 18.3 Å². The molecular weight excluding hydrogens is 413 g/mol. The van der Waals surface area contributed by atoms with E-state index in [1.165, 1.54) is 17.8 Å². The van der Waals surface area contributed by atoms with Crippen LogP contribution in [0.4, 0.5) is 19.0 Å². The molecule has 0 aliphatic carbocycles. The number of rotatable bonds is 5. The van der Waals surface area contributed by atoms with Gasteiger partial charge in [-0.1, -0.05) is 0 Å². The van der Waals surface area contributed by atoms with Crippen LogP contribution in [0, 0.1) is 11.6 Å². The van der Waals surface area contributed by atoms with Crippen LogP contribution in [0.5, 0.6) is 5.75 Å². The lowest BCUT2D eigenvalue weighted by atomic mass is 10.0. The molecule has 3 aromatic heterocycles. The number of nitrogens with one attached hydrogen (secondary N) is 2. The second-order valence-corrected chi connectivity index (χ2v) is 7.65. The first-order valence-corrected chi connectivity index (χ1v) is 10.0. The number of methoxy groups -OCH3 is 1. The lowest BCUT2D eigenvalue weighted by Crippen LogP contribution is -2.46. The van der Waals surface area contributed by atoms with Gasteiger partial charge in [0.2, 0.25) is 0 Å². The van der Waals surface area contributed by atoms with Crippen molar-refractivity contribution in [1.82, 2.24) is 24.9 Å². The molecule has 3 aromatic rings. The summed E-state index contributed by atoms with van der Waals surface area (Å²) in [5.41, 5.74) is 1.20. The number of piperidine rings is 1. The number of hydrogen-bond donors (Lipinski definition) is 2. The number of aromatic nitrogens is 4. The van der Waals surface area contributed by atoms with Crippen molar-refractivity contribution in [2.24, 2.45) is 0 Å². The molecule has 0 amide bonds. The Hall–Kier alpha value is -2.92. The smallest absolute Gasteiger partial charge is 0.168 e. The number of halogens is 3. The fraction of sp³-hybridized carbons (Fsp3) is 0.450. The van der Waals surface area contributed by atoms with Gasteiger partial charge in [0.15, 0.2) is 23.1 Å². The summed E-state index contributed by atoms with van der Waals surface area (Å²) in [6.07, 6.45) is 0.559. The average molecular weight is 434 g/mol. The summed E-state index contributed by atoms with van der Waals surface area (Å²) in [6, 6.07) is 1.77. The van der Waals surface area contributed by atoms with Crippen LogP contribution in [-0.2, 0) is 4.74 Å². The van der Waals surface area contributed by atoms with Crippen LogP contribution >= 0.6 is 0 Å². The predicted molar refractivity (Wildman–Crippen MR) is 106 cm³/mol. The predicted octanol–water partition coefficient (Wildman–Crippen LogP) is 2.30. The van der Waals surface area contributed by atoms with Gasteiger partial charge in [-0.2, -0.15) is 5.10 Å². The zero-order valence-corrected chi connectivity index (χ0v) is 16.7. The molecule has 11 heteroatoms. The van der Waals surface area contributed by atoms with E-state index < -0.39 is 23.8 Å². The molecular formula is C20H21F3N6O2. The van der Waals surface area contributed by atoms with E-state index in [4.69, 9.17) is 9.47 Å². The quantitative estimate of drug-likeness (QED) is 0.637. The van der Waals surface area contributed by atoms with Gasteiger partial charge in [-0.25, -0.2) is 27.7 Å². The minimum absolute atomic E-state index is 0.0538. The lowest BCUT2D eigenvalue weighted by molar-refractivity contribution is 0.00530. The molecule has 0 spiro atoms. The van der Waals surface area contributed by atoms with Crippen LogP contribution in [0.1, 0.15) is 18.0 Å². The highest BCUT2D eigenvalue weighted by atomic mass is 19.1. The molecule has 2 saturated heterocycles. The number of imidazole rings is 1. The Bertz CT molecular complexity index is 1120. The largest absolute Gasteiger partial charge is 0.495 e. The van der Waals surface area contributed by atoms with Crippen molar-refractivity contribution in [3.63, 3.8) is 0 Å². The van der Waals surface area contributed by atoms with Crippen LogP contribution < -0.4 is 15.4 Å². The van der Waals surface area contributed by atoms with Gasteiger partial charge >= 0.3 is 0 Å². The van der Waals surface area contributed by atoms with E-state index in [0.29, 0.717) is 49.8 Å². The van der Waals surface area contributed by atoms with Crippen LogP contribution in [0.3, 0.4) is 0 Å². The summed E-state index contributed by atoms with van der Waals surface area (Å²) >= 11 is 0. The number of fused-ring (bicyclic) bond motifs is 1. The molecule has 0 unspecified atom stereocenters. The number of nitrogens with zero attached hydrogens (tertiary/aromatic N) is 4. The van der Waals surface area contributed by atoms with E-state index >= 15 is 0 Å². The van der Waals surface area contributed by atoms with Gasteiger partial charge in [-0.15, -0.1) is 0 Å². The Balaban J connectivity index is 1.56. The molecule has 5 rings (SSSR count). The van der Waals surface area contributed by atoms with Crippen molar-refractivity contribution in [2.75, 3.05) is 38.7 Å². The van der Waals surface area contributed by atoms with Crippen molar-refractivity contribution >= 4 is 11.5 Å². The van der Waals surface area contributed by atoms with Crippen LogP contribution in [0.2, 0.25) is 0 Å². The third-order valence-electron chi connectivity index (χ3n) is 5.62. The second kappa shape index (κ2) is 7.97. The minimum atomic E-state index is -1.16. The van der Waals surface area contributed by atoms with Gasteiger partial charge in [0.25, 0.3) is 0 Å². The first-order chi connectivity index (χ1) is 15.0. The van der Waals surface area contributed by atoms with E-state index in [2.05, 4.69) is 25.7 Å². The number of anilines is 1. The molecule has 164 valence electrons.